The molecule has 8 heteroatoms. The monoisotopic (exact) mass is 373 g/mol. The van der Waals surface area contributed by atoms with Crippen LogP contribution in [0.25, 0.3) is 0 Å². The smallest absolute Gasteiger partial charge is 0.333 e. The van der Waals surface area contributed by atoms with Crippen molar-refractivity contribution in [3.05, 3.63) is 47.0 Å². The number of nitrogens with zero attached hydrogens (tertiary/aromatic N) is 3. The number of amides is 2. The molecule has 2 aliphatic rings. The van der Waals surface area contributed by atoms with E-state index in [1.165, 1.54) is 27.7 Å². The molecule has 0 N–H and O–H groups in total. The summed E-state index contributed by atoms with van der Waals surface area (Å²) in [4.78, 5) is 37.6. The molecule has 0 spiro atoms. The summed E-state index contributed by atoms with van der Waals surface area (Å²) in [7, 11) is 0. The van der Waals surface area contributed by atoms with Crippen molar-refractivity contribution in [2.24, 2.45) is 5.10 Å². The second-order valence-electron chi connectivity index (χ2n) is 5.68. The van der Waals surface area contributed by atoms with Crippen molar-refractivity contribution >= 4 is 35.3 Å². The minimum Gasteiger partial charge on any atom is -0.463 e. The first-order chi connectivity index (χ1) is 12.6. The second-order valence-corrected chi connectivity index (χ2v) is 6.68. The molecule has 2 heterocycles. The highest BCUT2D eigenvalue weighted by Crippen LogP contribution is 2.29. The van der Waals surface area contributed by atoms with Gasteiger partial charge in [-0.2, -0.15) is 5.10 Å². The number of hydrogen-bond acceptors (Lipinski definition) is 6. The first-order valence-corrected chi connectivity index (χ1v) is 9.32. The molecule has 1 fully saturated rings. The van der Waals surface area contributed by atoms with Gasteiger partial charge < -0.3 is 4.74 Å². The number of esters is 1. The molecule has 3 rings (SSSR count). The third-order valence-corrected chi connectivity index (χ3v) is 4.95. The lowest BCUT2D eigenvalue weighted by Crippen LogP contribution is -2.37. The average Bonchev–Trinajstić information content (AvgIpc) is 3.25. The van der Waals surface area contributed by atoms with E-state index in [-0.39, 0.29) is 30.7 Å². The van der Waals surface area contributed by atoms with E-state index in [9.17, 15) is 14.4 Å². The van der Waals surface area contributed by atoms with E-state index in [1.54, 1.807) is 6.92 Å². The molecular formula is C18H19N3O4S. The van der Waals surface area contributed by atoms with E-state index in [0.29, 0.717) is 18.0 Å². The van der Waals surface area contributed by atoms with Crippen LogP contribution in [0.1, 0.15) is 18.9 Å². The Bertz CT molecular complexity index is 776. The highest BCUT2D eigenvalue weighted by molar-refractivity contribution is 8.04. The summed E-state index contributed by atoms with van der Waals surface area (Å²) < 4.78 is 4.87. The number of ether oxygens (including phenoxy) is 1. The van der Waals surface area contributed by atoms with Crippen LogP contribution in [-0.4, -0.2) is 58.9 Å². The molecule has 1 saturated heterocycles. The molecule has 26 heavy (non-hydrogen) atoms. The molecule has 2 amide bonds. The molecular weight excluding hydrogens is 354 g/mol. The SMILES string of the molecule is CCOC(=O)/C=C1/SCC(=O)N1CC(=O)N1CCC(c2ccccc2)=N1. The Kier molecular flexibility index (Phi) is 5.72. The van der Waals surface area contributed by atoms with E-state index in [0.717, 1.165) is 11.3 Å². The zero-order valence-corrected chi connectivity index (χ0v) is 15.2. The maximum Gasteiger partial charge on any atom is 0.333 e. The van der Waals surface area contributed by atoms with Crippen LogP contribution in [0.5, 0.6) is 0 Å². The standard InChI is InChI=1S/C18H19N3O4S/c1-2-25-18(24)10-17-20(16(23)12-26-17)11-15(22)21-9-8-14(19-21)13-6-4-3-5-7-13/h3-7,10H,2,8-9,11-12H2,1H3/b17-10+. The summed E-state index contributed by atoms with van der Waals surface area (Å²) in [6.07, 6.45) is 1.93. The van der Waals surface area contributed by atoms with Crippen molar-refractivity contribution in [3.8, 4) is 0 Å². The van der Waals surface area contributed by atoms with E-state index >= 15 is 0 Å². The maximum atomic E-state index is 12.6. The summed E-state index contributed by atoms with van der Waals surface area (Å²) in [5, 5.41) is 6.21. The fourth-order valence-electron chi connectivity index (χ4n) is 2.67. The zero-order valence-electron chi connectivity index (χ0n) is 14.4. The average molecular weight is 373 g/mol. The van der Waals surface area contributed by atoms with Crippen molar-refractivity contribution in [1.29, 1.82) is 0 Å². The number of carbonyl (C=O) groups is 3. The van der Waals surface area contributed by atoms with Crippen LogP contribution < -0.4 is 0 Å². The second kappa shape index (κ2) is 8.18. The van der Waals surface area contributed by atoms with Gasteiger partial charge in [0, 0.05) is 6.42 Å². The number of carbonyl (C=O) groups excluding carboxylic acids is 3. The van der Waals surface area contributed by atoms with E-state index in [1.807, 2.05) is 30.3 Å². The van der Waals surface area contributed by atoms with Crippen molar-refractivity contribution in [2.45, 2.75) is 13.3 Å². The van der Waals surface area contributed by atoms with Gasteiger partial charge in [0.2, 0.25) is 5.91 Å². The highest BCUT2D eigenvalue weighted by Gasteiger charge is 2.32. The summed E-state index contributed by atoms with van der Waals surface area (Å²) in [6, 6.07) is 9.68. The number of hydrazone groups is 1. The van der Waals surface area contributed by atoms with Gasteiger partial charge in [0.05, 0.1) is 35.7 Å². The molecule has 0 saturated carbocycles. The van der Waals surface area contributed by atoms with Crippen LogP contribution in [0, 0.1) is 0 Å². The van der Waals surface area contributed by atoms with E-state index < -0.39 is 5.97 Å². The van der Waals surface area contributed by atoms with Gasteiger partial charge in [-0.15, -0.1) is 0 Å². The molecule has 7 nitrogen and oxygen atoms in total. The molecule has 0 bridgehead atoms. The predicted molar refractivity (Wildman–Crippen MR) is 98.2 cm³/mol. The summed E-state index contributed by atoms with van der Waals surface area (Å²) in [5.41, 5.74) is 1.84. The van der Waals surface area contributed by atoms with Gasteiger partial charge in [0.15, 0.2) is 0 Å². The minimum atomic E-state index is -0.521. The lowest BCUT2D eigenvalue weighted by atomic mass is 10.1. The molecule has 2 aliphatic heterocycles. The molecule has 0 atom stereocenters. The topological polar surface area (TPSA) is 79.3 Å². The molecule has 0 radical (unpaired) electrons. The third kappa shape index (κ3) is 4.13. The lowest BCUT2D eigenvalue weighted by molar-refractivity contribution is -0.138. The van der Waals surface area contributed by atoms with Crippen molar-refractivity contribution in [3.63, 3.8) is 0 Å². The van der Waals surface area contributed by atoms with Crippen LogP contribution in [0.4, 0.5) is 0 Å². The number of benzene rings is 1. The molecule has 1 aromatic rings. The molecule has 136 valence electrons. The largest absolute Gasteiger partial charge is 0.463 e. The Balaban J connectivity index is 1.68. The van der Waals surface area contributed by atoms with Crippen molar-refractivity contribution in [1.82, 2.24) is 9.91 Å². The summed E-state index contributed by atoms with van der Waals surface area (Å²) >= 11 is 1.22. The quantitative estimate of drug-likeness (QED) is 0.579. The Morgan fingerprint density at radius 3 is 2.81 bits per heavy atom. The first-order valence-electron chi connectivity index (χ1n) is 8.33. The highest BCUT2D eigenvalue weighted by atomic mass is 32.2. The van der Waals surface area contributed by atoms with Crippen LogP contribution >= 0.6 is 11.8 Å². The fourth-order valence-corrected chi connectivity index (χ4v) is 3.60. The van der Waals surface area contributed by atoms with Crippen LogP contribution in [0.3, 0.4) is 0 Å². The van der Waals surface area contributed by atoms with Gasteiger partial charge in [0.1, 0.15) is 6.54 Å². The Labute approximate surface area is 155 Å². The number of rotatable bonds is 5. The predicted octanol–water partition coefficient (Wildman–Crippen LogP) is 1.60. The van der Waals surface area contributed by atoms with Crippen LogP contribution in [0.2, 0.25) is 0 Å². The van der Waals surface area contributed by atoms with Crippen molar-refractivity contribution in [2.75, 3.05) is 25.4 Å². The lowest BCUT2D eigenvalue weighted by Gasteiger charge is -2.19. The van der Waals surface area contributed by atoms with Crippen LogP contribution in [0.15, 0.2) is 46.5 Å². The third-order valence-electron chi connectivity index (χ3n) is 3.93. The zero-order chi connectivity index (χ0) is 18.5. The van der Waals surface area contributed by atoms with Gasteiger partial charge in [-0.25, -0.2) is 9.80 Å². The minimum absolute atomic E-state index is 0.136. The number of thioether (sulfide) groups is 1. The molecule has 0 aliphatic carbocycles. The fraction of sp³-hybridized carbons (Fsp3) is 0.333. The van der Waals surface area contributed by atoms with E-state index in [4.69, 9.17) is 4.74 Å². The first kappa shape index (κ1) is 18.2. The summed E-state index contributed by atoms with van der Waals surface area (Å²) in [5.74, 6) is -0.795. The molecule has 1 aromatic carbocycles. The van der Waals surface area contributed by atoms with Gasteiger partial charge in [-0.05, 0) is 12.5 Å². The van der Waals surface area contributed by atoms with E-state index in [2.05, 4.69) is 5.10 Å². The van der Waals surface area contributed by atoms with Crippen LogP contribution in [-0.2, 0) is 19.1 Å². The van der Waals surface area contributed by atoms with Gasteiger partial charge in [0.25, 0.3) is 5.91 Å². The van der Waals surface area contributed by atoms with Gasteiger partial charge >= 0.3 is 5.97 Å². The van der Waals surface area contributed by atoms with Gasteiger partial charge in [-0.3, -0.25) is 14.5 Å². The Morgan fingerprint density at radius 1 is 1.31 bits per heavy atom. The Hall–Kier alpha value is -2.61. The summed E-state index contributed by atoms with van der Waals surface area (Å²) in [6.45, 7) is 2.31. The molecule has 0 aromatic heterocycles. The molecule has 0 unspecified atom stereocenters. The van der Waals surface area contributed by atoms with Gasteiger partial charge in [-0.1, -0.05) is 42.1 Å². The number of hydrogen-bond donors (Lipinski definition) is 0. The Morgan fingerprint density at radius 2 is 2.08 bits per heavy atom. The maximum absolute atomic E-state index is 12.6. The normalized spacial score (nSPS) is 18.4. The van der Waals surface area contributed by atoms with Crippen molar-refractivity contribution < 1.29 is 19.1 Å².